The third-order valence-corrected chi connectivity index (χ3v) is 6.26. The lowest BCUT2D eigenvalue weighted by Gasteiger charge is -2.13. The summed E-state index contributed by atoms with van der Waals surface area (Å²) in [7, 11) is 2.97. The third kappa shape index (κ3) is 4.49. The molecule has 0 fully saturated rings. The molecular formula is C26H21N5O4S. The largest absolute Gasteiger partial charge is 0.493 e. The number of aromatic nitrogens is 4. The molecule has 0 aliphatic carbocycles. The molecule has 0 aliphatic rings. The normalized spacial score (nSPS) is 10.7. The molecule has 0 atom stereocenters. The summed E-state index contributed by atoms with van der Waals surface area (Å²) in [6.07, 6.45) is 0. The van der Waals surface area contributed by atoms with Crippen LogP contribution >= 0.6 is 11.3 Å². The lowest BCUT2D eigenvalue weighted by molar-refractivity contribution is 0.102. The first-order valence-electron chi connectivity index (χ1n) is 10.9. The number of para-hydroxylation sites is 1. The molecule has 9 nitrogen and oxygen atoms in total. The van der Waals surface area contributed by atoms with E-state index in [1.807, 2.05) is 47.8 Å². The van der Waals surface area contributed by atoms with E-state index in [9.17, 15) is 9.59 Å². The van der Waals surface area contributed by atoms with Crippen molar-refractivity contribution in [2.45, 2.75) is 0 Å². The van der Waals surface area contributed by atoms with Gasteiger partial charge in [0, 0.05) is 17.7 Å². The van der Waals surface area contributed by atoms with Crippen molar-refractivity contribution in [3.05, 3.63) is 94.1 Å². The molecule has 1 amide bonds. The quantitative estimate of drug-likeness (QED) is 0.338. The van der Waals surface area contributed by atoms with E-state index in [1.165, 1.54) is 36.3 Å². The summed E-state index contributed by atoms with van der Waals surface area (Å²) in [5.41, 5.74) is 1.81. The van der Waals surface area contributed by atoms with Crippen LogP contribution in [0.5, 0.6) is 11.5 Å². The third-order valence-electron chi connectivity index (χ3n) is 5.37. The van der Waals surface area contributed by atoms with E-state index < -0.39 is 5.91 Å². The van der Waals surface area contributed by atoms with Gasteiger partial charge in [0.25, 0.3) is 11.5 Å². The van der Waals surface area contributed by atoms with Crippen LogP contribution in [0.4, 0.5) is 5.82 Å². The highest BCUT2D eigenvalue weighted by Crippen LogP contribution is 2.32. The van der Waals surface area contributed by atoms with E-state index in [2.05, 4.69) is 20.4 Å². The van der Waals surface area contributed by atoms with Crippen LogP contribution in [0.2, 0.25) is 0 Å². The molecule has 5 rings (SSSR count). The molecule has 180 valence electrons. The number of aromatic amines is 1. The van der Waals surface area contributed by atoms with E-state index in [1.54, 1.807) is 24.3 Å². The number of thiophene rings is 1. The van der Waals surface area contributed by atoms with Gasteiger partial charge in [0.1, 0.15) is 11.5 Å². The van der Waals surface area contributed by atoms with Gasteiger partial charge in [0.2, 0.25) is 5.95 Å². The van der Waals surface area contributed by atoms with Gasteiger partial charge in [0.05, 0.1) is 30.4 Å². The molecule has 0 spiro atoms. The number of rotatable bonds is 7. The number of carbonyl (C=O) groups is 1. The molecule has 2 N–H and O–H groups in total. The predicted octanol–water partition coefficient (Wildman–Crippen LogP) is 4.62. The highest BCUT2D eigenvalue weighted by Gasteiger charge is 2.21. The van der Waals surface area contributed by atoms with Gasteiger partial charge in [0.15, 0.2) is 11.5 Å². The number of nitrogens with one attached hydrogen (secondary N) is 2. The second-order valence-electron chi connectivity index (χ2n) is 7.62. The fraction of sp³-hybridized carbons (Fsp3) is 0.0769. The van der Waals surface area contributed by atoms with Crippen LogP contribution in [-0.4, -0.2) is 39.9 Å². The van der Waals surface area contributed by atoms with Gasteiger partial charge in [-0.25, -0.2) is 4.98 Å². The summed E-state index contributed by atoms with van der Waals surface area (Å²) in [5.74, 6) is 0.782. The van der Waals surface area contributed by atoms with Gasteiger partial charge in [-0.3, -0.25) is 14.6 Å². The van der Waals surface area contributed by atoms with Crippen LogP contribution in [0.3, 0.4) is 0 Å². The highest BCUT2D eigenvalue weighted by molar-refractivity contribution is 7.13. The standard InChI is InChI=1S/C26H21N5O4S/c1-34-20-11-6-10-17(24(20)35-2)25(33)28-22-14-19(21-12-7-13-36-21)30-31(22)26-27-18(15-23(32)29-26)16-8-4-3-5-9-16/h3-15H,1-2H3,(H,28,33)(H,27,29,32). The molecule has 2 aromatic carbocycles. The maximum Gasteiger partial charge on any atom is 0.260 e. The first kappa shape index (κ1) is 23.1. The minimum Gasteiger partial charge on any atom is -0.493 e. The lowest BCUT2D eigenvalue weighted by atomic mass is 10.1. The van der Waals surface area contributed by atoms with E-state index in [-0.39, 0.29) is 17.1 Å². The topological polar surface area (TPSA) is 111 Å². The molecule has 0 saturated carbocycles. The van der Waals surface area contributed by atoms with Crippen molar-refractivity contribution >= 4 is 23.1 Å². The second-order valence-corrected chi connectivity index (χ2v) is 8.57. The van der Waals surface area contributed by atoms with Gasteiger partial charge in [-0.05, 0) is 23.6 Å². The fourth-order valence-corrected chi connectivity index (χ4v) is 4.41. The van der Waals surface area contributed by atoms with E-state index >= 15 is 0 Å². The number of hydrogen-bond donors (Lipinski definition) is 2. The number of nitrogens with zero attached hydrogens (tertiary/aromatic N) is 3. The Morgan fingerprint density at radius 1 is 0.972 bits per heavy atom. The Bertz CT molecular complexity index is 1580. The molecule has 36 heavy (non-hydrogen) atoms. The molecule has 3 heterocycles. The van der Waals surface area contributed by atoms with Crippen LogP contribution in [0.15, 0.2) is 83.0 Å². The maximum atomic E-state index is 13.3. The maximum absolute atomic E-state index is 13.3. The number of benzene rings is 2. The van der Waals surface area contributed by atoms with Gasteiger partial charge in [-0.1, -0.05) is 42.5 Å². The molecule has 0 saturated heterocycles. The number of hydrogen-bond acceptors (Lipinski definition) is 7. The number of H-pyrrole nitrogens is 1. The van der Waals surface area contributed by atoms with Gasteiger partial charge < -0.3 is 14.8 Å². The van der Waals surface area contributed by atoms with Gasteiger partial charge in [-0.2, -0.15) is 9.78 Å². The number of amides is 1. The number of ether oxygens (including phenoxy) is 2. The zero-order valence-corrected chi connectivity index (χ0v) is 20.2. The number of carbonyl (C=O) groups excluding carboxylic acids is 1. The average Bonchev–Trinajstić information content (AvgIpc) is 3.58. The first-order chi connectivity index (χ1) is 17.6. The molecular weight excluding hydrogens is 478 g/mol. The summed E-state index contributed by atoms with van der Waals surface area (Å²) in [4.78, 5) is 34.1. The average molecular weight is 500 g/mol. The Kier molecular flexibility index (Phi) is 6.33. The molecule has 0 bridgehead atoms. The summed E-state index contributed by atoms with van der Waals surface area (Å²) >= 11 is 1.51. The summed E-state index contributed by atoms with van der Waals surface area (Å²) < 4.78 is 12.2. The fourth-order valence-electron chi connectivity index (χ4n) is 3.73. The predicted molar refractivity (Wildman–Crippen MR) is 138 cm³/mol. The highest BCUT2D eigenvalue weighted by atomic mass is 32.1. The van der Waals surface area contributed by atoms with Crippen molar-refractivity contribution in [1.82, 2.24) is 19.7 Å². The van der Waals surface area contributed by atoms with E-state index in [0.29, 0.717) is 28.7 Å². The zero-order chi connectivity index (χ0) is 25.1. The van der Waals surface area contributed by atoms with Crippen LogP contribution in [-0.2, 0) is 0 Å². The summed E-state index contributed by atoms with van der Waals surface area (Å²) in [6.45, 7) is 0. The van der Waals surface area contributed by atoms with Crippen molar-refractivity contribution in [3.63, 3.8) is 0 Å². The summed E-state index contributed by atoms with van der Waals surface area (Å²) in [5, 5.41) is 9.46. The van der Waals surface area contributed by atoms with Crippen molar-refractivity contribution < 1.29 is 14.3 Å². The summed E-state index contributed by atoms with van der Waals surface area (Å²) in [6, 6.07) is 21.4. The first-order valence-corrected chi connectivity index (χ1v) is 11.8. The monoisotopic (exact) mass is 499 g/mol. The minimum absolute atomic E-state index is 0.164. The number of anilines is 1. The van der Waals surface area contributed by atoms with Crippen molar-refractivity contribution in [2.75, 3.05) is 19.5 Å². The second kappa shape index (κ2) is 9.88. The minimum atomic E-state index is -0.439. The van der Waals surface area contributed by atoms with Crippen LogP contribution in [0.1, 0.15) is 10.4 Å². The van der Waals surface area contributed by atoms with Crippen molar-refractivity contribution in [2.24, 2.45) is 0 Å². The molecule has 0 radical (unpaired) electrons. The van der Waals surface area contributed by atoms with E-state index in [4.69, 9.17) is 9.47 Å². The SMILES string of the molecule is COc1cccc(C(=O)Nc2cc(-c3cccs3)nn2-c2nc(-c3ccccc3)cc(=O)[nH]2)c1OC. The number of methoxy groups -OCH3 is 2. The van der Waals surface area contributed by atoms with Crippen LogP contribution < -0.4 is 20.3 Å². The molecule has 0 aliphatic heterocycles. The Morgan fingerprint density at radius 2 is 1.81 bits per heavy atom. The smallest absolute Gasteiger partial charge is 0.260 e. The van der Waals surface area contributed by atoms with Crippen molar-refractivity contribution in [1.29, 1.82) is 0 Å². The Hall–Kier alpha value is -4.70. The molecule has 3 aromatic heterocycles. The van der Waals surface area contributed by atoms with Gasteiger partial charge in [-0.15, -0.1) is 11.3 Å². The molecule has 5 aromatic rings. The van der Waals surface area contributed by atoms with E-state index in [0.717, 1.165) is 10.4 Å². The Morgan fingerprint density at radius 3 is 2.53 bits per heavy atom. The molecule has 10 heteroatoms. The van der Waals surface area contributed by atoms with Crippen molar-refractivity contribution in [3.8, 4) is 39.3 Å². The van der Waals surface area contributed by atoms with Gasteiger partial charge >= 0.3 is 0 Å². The zero-order valence-electron chi connectivity index (χ0n) is 19.4. The lowest BCUT2D eigenvalue weighted by Crippen LogP contribution is -2.19. The Labute approximate surface area is 210 Å². The molecule has 0 unspecified atom stereocenters. The van der Waals surface area contributed by atoms with Crippen LogP contribution in [0, 0.1) is 0 Å². The Balaban J connectivity index is 1.60. The van der Waals surface area contributed by atoms with Crippen LogP contribution in [0.25, 0.3) is 27.8 Å².